The highest BCUT2D eigenvalue weighted by atomic mass is 16.5. The Labute approximate surface area is 137 Å². The maximum Gasteiger partial charge on any atom is 0.251 e. The summed E-state index contributed by atoms with van der Waals surface area (Å²) in [6, 6.07) is 0. The van der Waals surface area contributed by atoms with Gasteiger partial charge in [-0.3, -0.25) is 4.79 Å². The zero-order valence-corrected chi connectivity index (χ0v) is 14.0. The van der Waals surface area contributed by atoms with E-state index in [9.17, 15) is 4.79 Å². The largest absolute Gasteiger partial charge is 0.477 e. The van der Waals surface area contributed by atoms with E-state index in [0.717, 1.165) is 56.6 Å². The molecule has 2 saturated heterocycles. The third-order valence-corrected chi connectivity index (χ3v) is 4.88. The monoisotopic (exact) mass is 319 g/mol. The van der Waals surface area contributed by atoms with Gasteiger partial charge in [0.1, 0.15) is 12.4 Å². The summed E-state index contributed by atoms with van der Waals surface area (Å²) in [5.41, 5.74) is 1.95. The number of amides is 1. The Balaban J connectivity index is 1.46. The van der Waals surface area contributed by atoms with E-state index < -0.39 is 0 Å². The second-order valence-corrected chi connectivity index (χ2v) is 6.47. The van der Waals surface area contributed by atoms with E-state index in [1.807, 2.05) is 18.7 Å². The lowest BCUT2D eigenvalue weighted by Crippen LogP contribution is -2.44. The first-order valence-electron chi connectivity index (χ1n) is 8.46. The molecule has 2 fully saturated rings. The molecule has 1 unspecified atom stereocenters. The molecule has 2 aliphatic heterocycles. The number of carbonyl (C=O) groups excluding carboxylic acids is 1. The number of rotatable bonds is 4. The van der Waals surface area contributed by atoms with Crippen LogP contribution in [0.5, 0.6) is 5.88 Å². The summed E-state index contributed by atoms with van der Waals surface area (Å²) >= 11 is 0. The summed E-state index contributed by atoms with van der Waals surface area (Å²) in [5, 5.41) is 0. The number of hydrogen-bond donors (Lipinski definition) is 0. The second-order valence-electron chi connectivity index (χ2n) is 6.47. The molecule has 6 heteroatoms. The summed E-state index contributed by atoms with van der Waals surface area (Å²) < 4.78 is 11.4. The van der Waals surface area contributed by atoms with Gasteiger partial charge in [-0.15, -0.1) is 0 Å². The first kappa shape index (κ1) is 16.2. The molecule has 2 aliphatic rings. The highest BCUT2D eigenvalue weighted by molar-refractivity contribution is 5.81. The molecule has 1 atom stereocenters. The molecular weight excluding hydrogens is 294 g/mol. The molecule has 3 heterocycles. The standard InChI is InChI=1S/C17H25N3O3/c1-12-13(2)18-11-19-16(12)23-10-14-5-7-20(8-6-14)17(21)15-4-3-9-22-15/h11,14-15H,3-10H2,1-2H3. The van der Waals surface area contributed by atoms with Crippen LogP contribution < -0.4 is 4.74 Å². The molecular formula is C17H25N3O3. The van der Waals surface area contributed by atoms with Crippen molar-refractivity contribution >= 4 is 5.91 Å². The molecule has 3 rings (SSSR count). The van der Waals surface area contributed by atoms with Crippen molar-refractivity contribution in [1.82, 2.24) is 14.9 Å². The Morgan fingerprint density at radius 2 is 2.09 bits per heavy atom. The molecule has 0 saturated carbocycles. The van der Waals surface area contributed by atoms with Gasteiger partial charge >= 0.3 is 0 Å². The van der Waals surface area contributed by atoms with Crippen LogP contribution in [0.2, 0.25) is 0 Å². The van der Waals surface area contributed by atoms with E-state index in [2.05, 4.69) is 9.97 Å². The predicted molar refractivity (Wildman–Crippen MR) is 85.3 cm³/mol. The Morgan fingerprint density at radius 1 is 1.30 bits per heavy atom. The Bertz CT molecular complexity index is 550. The smallest absolute Gasteiger partial charge is 0.251 e. The number of likely N-dealkylation sites (tertiary alicyclic amines) is 1. The lowest BCUT2D eigenvalue weighted by atomic mass is 9.97. The van der Waals surface area contributed by atoms with Crippen LogP contribution in [-0.4, -0.2) is 53.2 Å². The summed E-state index contributed by atoms with van der Waals surface area (Å²) in [5.74, 6) is 1.32. The Kier molecular flexibility index (Phi) is 5.10. The summed E-state index contributed by atoms with van der Waals surface area (Å²) in [7, 11) is 0. The van der Waals surface area contributed by atoms with Gasteiger partial charge in [-0.1, -0.05) is 0 Å². The van der Waals surface area contributed by atoms with Crippen molar-refractivity contribution in [1.29, 1.82) is 0 Å². The number of aromatic nitrogens is 2. The summed E-state index contributed by atoms with van der Waals surface area (Å²) in [6.45, 7) is 6.91. The van der Waals surface area contributed by atoms with Gasteiger partial charge in [0, 0.05) is 31.0 Å². The van der Waals surface area contributed by atoms with Gasteiger partial charge in [0.25, 0.3) is 5.91 Å². The van der Waals surface area contributed by atoms with Crippen LogP contribution in [0.25, 0.3) is 0 Å². The molecule has 0 bridgehead atoms. The molecule has 1 aromatic heterocycles. The van der Waals surface area contributed by atoms with E-state index in [1.54, 1.807) is 6.33 Å². The molecule has 23 heavy (non-hydrogen) atoms. The minimum Gasteiger partial charge on any atom is -0.477 e. The van der Waals surface area contributed by atoms with Gasteiger partial charge < -0.3 is 14.4 Å². The number of hydrogen-bond acceptors (Lipinski definition) is 5. The van der Waals surface area contributed by atoms with Gasteiger partial charge in [0.2, 0.25) is 5.88 Å². The third-order valence-electron chi connectivity index (χ3n) is 4.88. The van der Waals surface area contributed by atoms with Crippen molar-refractivity contribution < 1.29 is 14.3 Å². The number of carbonyl (C=O) groups is 1. The average Bonchev–Trinajstić information content (AvgIpc) is 3.10. The highest BCUT2D eigenvalue weighted by Crippen LogP contribution is 2.23. The minimum absolute atomic E-state index is 0.170. The molecule has 1 aromatic rings. The molecule has 0 N–H and O–H groups in total. The molecule has 1 amide bonds. The van der Waals surface area contributed by atoms with Crippen LogP contribution in [0.3, 0.4) is 0 Å². The minimum atomic E-state index is -0.200. The van der Waals surface area contributed by atoms with Crippen LogP contribution in [0, 0.1) is 19.8 Å². The molecule has 0 spiro atoms. The lowest BCUT2D eigenvalue weighted by Gasteiger charge is -2.33. The van der Waals surface area contributed by atoms with E-state index in [4.69, 9.17) is 9.47 Å². The van der Waals surface area contributed by atoms with Crippen molar-refractivity contribution in [3.63, 3.8) is 0 Å². The van der Waals surface area contributed by atoms with Crippen molar-refractivity contribution in [2.24, 2.45) is 5.92 Å². The van der Waals surface area contributed by atoms with Crippen LogP contribution in [0.15, 0.2) is 6.33 Å². The first-order valence-corrected chi connectivity index (χ1v) is 8.46. The third kappa shape index (κ3) is 3.80. The van der Waals surface area contributed by atoms with E-state index >= 15 is 0 Å². The number of aryl methyl sites for hydroxylation is 1. The molecule has 126 valence electrons. The van der Waals surface area contributed by atoms with Gasteiger partial charge in [-0.2, -0.15) is 0 Å². The molecule has 0 radical (unpaired) electrons. The second kappa shape index (κ2) is 7.25. The zero-order valence-electron chi connectivity index (χ0n) is 14.0. The number of ether oxygens (including phenoxy) is 2. The maximum absolute atomic E-state index is 12.3. The lowest BCUT2D eigenvalue weighted by molar-refractivity contribution is -0.142. The fraction of sp³-hybridized carbons (Fsp3) is 0.706. The maximum atomic E-state index is 12.3. The van der Waals surface area contributed by atoms with Gasteiger partial charge in [0.15, 0.2) is 0 Å². The predicted octanol–water partition coefficient (Wildman–Crippen LogP) is 1.89. The zero-order chi connectivity index (χ0) is 16.2. The molecule has 0 aliphatic carbocycles. The van der Waals surface area contributed by atoms with E-state index in [-0.39, 0.29) is 12.0 Å². The fourth-order valence-corrected chi connectivity index (χ4v) is 3.15. The topological polar surface area (TPSA) is 64.6 Å². The summed E-state index contributed by atoms with van der Waals surface area (Å²) in [6.07, 6.45) is 5.16. The van der Waals surface area contributed by atoms with Crippen LogP contribution >= 0.6 is 0 Å². The highest BCUT2D eigenvalue weighted by Gasteiger charge is 2.31. The molecule has 0 aromatic carbocycles. The Morgan fingerprint density at radius 3 is 2.78 bits per heavy atom. The van der Waals surface area contributed by atoms with Crippen molar-refractivity contribution in [3.05, 3.63) is 17.6 Å². The van der Waals surface area contributed by atoms with Crippen molar-refractivity contribution in [2.45, 2.75) is 45.6 Å². The van der Waals surface area contributed by atoms with Gasteiger partial charge in [-0.05, 0) is 45.4 Å². The Hall–Kier alpha value is -1.69. The van der Waals surface area contributed by atoms with Crippen LogP contribution in [0.4, 0.5) is 0 Å². The number of piperidine rings is 1. The molecule has 6 nitrogen and oxygen atoms in total. The van der Waals surface area contributed by atoms with Crippen molar-refractivity contribution in [2.75, 3.05) is 26.3 Å². The van der Waals surface area contributed by atoms with Crippen LogP contribution in [-0.2, 0) is 9.53 Å². The van der Waals surface area contributed by atoms with Gasteiger partial charge in [-0.25, -0.2) is 9.97 Å². The first-order chi connectivity index (χ1) is 11.1. The van der Waals surface area contributed by atoms with Crippen molar-refractivity contribution in [3.8, 4) is 5.88 Å². The quantitative estimate of drug-likeness (QED) is 0.848. The van der Waals surface area contributed by atoms with Crippen LogP contribution in [0.1, 0.15) is 36.9 Å². The SMILES string of the molecule is Cc1ncnc(OCC2CCN(C(=O)C3CCCO3)CC2)c1C. The average molecular weight is 319 g/mol. The summed E-state index contributed by atoms with van der Waals surface area (Å²) in [4.78, 5) is 22.6. The van der Waals surface area contributed by atoms with E-state index in [1.165, 1.54) is 0 Å². The van der Waals surface area contributed by atoms with E-state index in [0.29, 0.717) is 18.4 Å². The fourth-order valence-electron chi connectivity index (χ4n) is 3.15. The number of nitrogens with zero attached hydrogens (tertiary/aromatic N) is 3. The normalized spacial score (nSPS) is 22.3. The van der Waals surface area contributed by atoms with Gasteiger partial charge in [0.05, 0.1) is 6.61 Å².